The van der Waals surface area contributed by atoms with E-state index in [0.717, 1.165) is 57.2 Å². The summed E-state index contributed by atoms with van der Waals surface area (Å²) in [5.41, 5.74) is 7.77. The van der Waals surface area contributed by atoms with Crippen LogP contribution in [0.25, 0.3) is 0 Å². The van der Waals surface area contributed by atoms with Crippen LogP contribution in [0.15, 0.2) is 48.5 Å². The molecule has 4 N–H and O–H groups in total. The van der Waals surface area contributed by atoms with Gasteiger partial charge in [-0.05, 0) is 67.7 Å². The lowest BCUT2D eigenvalue weighted by atomic mass is 9.90. The SMILES string of the molecule is NC(=O)c1ccc(CCCC2CCN(C(=O)CNC3CC3c3ccccc3)CC2)cc1O. The van der Waals surface area contributed by atoms with Gasteiger partial charge in [0.05, 0.1) is 12.1 Å². The first-order valence-corrected chi connectivity index (χ1v) is 11.7. The number of hydrogen-bond donors (Lipinski definition) is 3. The Labute approximate surface area is 189 Å². The Kier molecular flexibility index (Phi) is 7.10. The number of aromatic hydroxyl groups is 1. The molecule has 0 spiro atoms. The van der Waals surface area contributed by atoms with Crippen molar-refractivity contribution in [3.8, 4) is 5.75 Å². The van der Waals surface area contributed by atoms with Crippen molar-refractivity contribution in [1.29, 1.82) is 0 Å². The molecule has 1 heterocycles. The summed E-state index contributed by atoms with van der Waals surface area (Å²) in [5.74, 6) is 0.739. The highest BCUT2D eigenvalue weighted by Crippen LogP contribution is 2.40. The van der Waals surface area contributed by atoms with Crippen LogP contribution in [0.4, 0.5) is 0 Å². The fraction of sp³-hybridized carbons (Fsp3) is 0.462. The molecule has 2 aromatic rings. The largest absolute Gasteiger partial charge is 0.507 e. The van der Waals surface area contributed by atoms with Crippen LogP contribution in [-0.4, -0.2) is 47.5 Å². The van der Waals surface area contributed by atoms with Crippen LogP contribution in [0.1, 0.15) is 59.5 Å². The van der Waals surface area contributed by atoms with Gasteiger partial charge in [0.2, 0.25) is 5.91 Å². The van der Waals surface area contributed by atoms with Crippen molar-refractivity contribution in [3.63, 3.8) is 0 Å². The molecule has 0 bridgehead atoms. The normalized spacial score (nSPS) is 20.8. The lowest BCUT2D eigenvalue weighted by Crippen LogP contribution is -2.43. The van der Waals surface area contributed by atoms with Crippen LogP contribution < -0.4 is 11.1 Å². The number of piperidine rings is 1. The van der Waals surface area contributed by atoms with E-state index in [0.29, 0.717) is 24.4 Å². The number of primary amides is 1. The number of amides is 2. The van der Waals surface area contributed by atoms with Crippen molar-refractivity contribution in [2.75, 3.05) is 19.6 Å². The number of phenols is 1. The second-order valence-electron chi connectivity index (χ2n) is 9.17. The van der Waals surface area contributed by atoms with Gasteiger partial charge in [0, 0.05) is 25.0 Å². The Morgan fingerprint density at radius 1 is 1.09 bits per heavy atom. The van der Waals surface area contributed by atoms with Crippen molar-refractivity contribution in [2.24, 2.45) is 11.7 Å². The number of nitrogens with zero attached hydrogens (tertiary/aromatic N) is 1. The molecule has 32 heavy (non-hydrogen) atoms. The number of benzene rings is 2. The summed E-state index contributed by atoms with van der Waals surface area (Å²) in [6.07, 6.45) is 6.21. The van der Waals surface area contributed by atoms with Gasteiger partial charge in [-0.15, -0.1) is 0 Å². The molecule has 2 aromatic carbocycles. The molecule has 1 aliphatic heterocycles. The third kappa shape index (κ3) is 5.68. The van der Waals surface area contributed by atoms with Gasteiger partial charge in [-0.25, -0.2) is 0 Å². The van der Waals surface area contributed by atoms with E-state index < -0.39 is 5.91 Å². The minimum absolute atomic E-state index is 0.0447. The summed E-state index contributed by atoms with van der Waals surface area (Å²) in [5, 5.41) is 13.3. The summed E-state index contributed by atoms with van der Waals surface area (Å²) in [6, 6.07) is 16.0. The molecule has 6 heteroatoms. The number of carbonyl (C=O) groups is 2. The van der Waals surface area contributed by atoms with Crippen molar-refractivity contribution in [1.82, 2.24) is 10.2 Å². The fourth-order valence-corrected chi connectivity index (χ4v) is 4.83. The topological polar surface area (TPSA) is 95.7 Å². The Balaban J connectivity index is 1.12. The summed E-state index contributed by atoms with van der Waals surface area (Å²) < 4.78 is 0. The Bertz CT molecular complexity index is 939. The van der Waals surface area contributed by atoms with Crippen LogP contribution in [0.3, 0.4) is 0 Å². The first-order valence-electron chi connectivity index (χ1n) is 11.7. The predicted molar refractivity (Wildman–Crippen MR) is 124 cm³/mol. The third-order valence-corrected chi connectivity index (χ3v) is 6.91. The second kappa shape index (κ2) is 10.2. The molecule has 0 aromatic heterocycles. The van der Waals surface area contributed by atoms with Gasteiger partial charge in [-0.1, -0.05) is 36.4 Å². The van der Waals surface area contributed by atoms with E-state index in [2.05, 4.69) is 29.6 Å². The molecule has 1 saturated heterocycles. The zero-order valence-electron chi connectivity index (χ0n) is 18.5. The van der Waals surface area contributed by atoms with Gasteiger partial charge in [0.1, 0.15) is 5.75 Å². The van der Waals surface area contributed by atoms with E-state index in [4.69, 9.17) is 5.73 Å². The third-order valence-electron chi connectivity index (χ3n) is 6.91. The van der Waals surface area contributed by atoms with Gasteiger partial charge in [-0.3, -0.25) is 9.59 Å². The number of nitrogens with one attached hydrogen (secondary N) is 1. The van der Waals surface area contributed by atoms with E-state index in [-0.39, 0.29) is 17.2 Å². The van der Waals surface area contributed by atoms with Crippen molar-refractivity contribution in [3.05, 3.63) is 65.2 Å². The van der Waals surface area contributed by atoms with Crippen LogP contribution in [-0.2, 0) is 11.2 Å². The summed E-state index contributed by atoms with van der Waals surface area (Å²) in [6.45, 7) is 2.11. The minimum Gasteiger partial charge on any atom is -0.507 e. The number of aryl methyl sites for hydroxylation is 1. The van der Waals surface area contributed by atoms with Gasteiger partial charge in [0.25, 0.3) is 5.91 Å². The van der Waals surface area contributed by atoms with Crippen LogP contribution in [0.2, 0.25) is 0 Å². The Hall–Kier alpha value is -2.86. The molecule has 2 amide bonds. The highest BCUT2D eigenvalue weighted by molar-refractivity contribution is 5.95. The summed E-state index contributed by atoms with van der Waals surface area (Å²) in [4.78, 5) is 25.8. The Morgan fingerprint density at radius 2 is 1.84 bits per heavy atom. The van der Waals surface area contributed by atoms with E-state index in [9.17, 15) is 14.7 Å². The molecule has 2 unspecified atom stereocenters. The molecule has 1 aliphatic carbocycles. The zero-order chi connectivity index (χ0) is 22.5. The lowest BCUT2D eigenvalue weighted by Gasteiger charge is -2.32. The van der Waals surface area contributed by atoms with E-state index >= 15 is 0 Å². The maximum atomic E-state index is 12.6. The van der Waals surface area contributed by atoms with E-state index in [1.54, 1.807) is 12.1 Å². The summed E-state index contributed by atoms with van der Waals surface area (Å²) >= 11 is 0. The number of likely N-dealkylation sites (tertiary alicyclic amines) is 1. The average Bonchev–Trinajstić information content (AvgIpc) is 3.58. The number of nitrogens with two attached hydrogens (primary N) is 1. The molecule has 2 fully saturated rings. The molecule has 170 valence electrons. The van der Waals surface area contributed by atoms with Crippen LogP contribution in [0, 0.1) is 5.92 Å². The molecule has 4 rings (SSSR count). The molecule has 6 nitrogen and oxygen atoms in total. The number of rotatable bonds is 9. The maximum Gasteiger partial charge on any atom is 0.252 e. The smallest absolute Gasteiger partial charge is 0.252 e. The Morgan fingerprint density at radius 3 is 2.53 bits per heavy atom. The van der Waals surface area contributed by atoms with Crippen LogP contribution in [0.5, 0.6) is 5.75 Å². The van der Waals surface area contributed by atoms with Crippen molar-refractivity contribution in [2.45, 2.75) is 50.5 Å². The standard InChI is InChI=1S/C26H33N3O3/c27-26(32)21-10-9-19(15-24(21)30)6-4-5-18-11-13-29(14-12-18)25(31)17-28-23-16-22(23)20-7-2-1-3-8-20/h1-3,7-10,15,18,22-23,28,30H,4-6,11-14,16-17H2,(H2,27,32). The first kappa shape index (κ1) is 22.3. The molecule has 1 saturated carbocycles. The first-order chi connectivity index (χ1) is 15.5. The van der Waals surface area contributed by atoms with Gasteiger partial charge in [0.15, 0.2) is 0 Å². The van der Waals surface area contributed by atoms with Gasteiger partial charge in [-0.2, -0.15) is 0 Å². The number of hydrogen-bond acceptors (Lipinski definition) is 4. The van der Waals surface area contributed by atoms with E-state index in [1.165, 1.54) is 5.56 Å². The molecule has 0 radical (unpaired) electrons. The van der Waals surface area contributed by atoms with Gasteiger partial charge < -0.3 is 21.1 Å². The number of carbonyl (C=O) groups excluding carboxylic acids is 2. The zero-order valence-corrected chi connectivity index (χ0v) is 18.5. The molecule has 2 aliphatic rings. The highest BCUT2D eigenvalue weighted by Gasteiger charge is 2.38. The maximum absolute atomic E-state index is 12.6. The van der Waals surface area contributed by atoms with Crippen molar-refractivity contribution >= 4 is 11.8 Å². The predicted octanol–water partition coefficient (Wildman–Crippen LogP) is 3.20. The fourth-order valence-electron chi connectivity index (χ4n) is 4.83. The quantitative estimate of drug-likeness (QED) is 0.564. The van der Waals surface area contributed by atoms with E-state index in [1.807, 2.05) is 17.0 Å². The minimum atomic E-state index is -0.612. The highest BCUT2D eigenvalue weighted by atomic mass is 16.3. The average molecular weight is 436 g/mol. The van der Waals surface area contributed by atoms with Gasteiger partial charge >= 0.3 is 0 Å². The second-order valence-corrected chi connectivity index (χ2v) is 9.17. The molecular formula is C26H33N3O3. The molecular weight excluding hydrogens is 402 g/mol. The monoisotopic (exact) mass is 435 g/mol. The molecule has 2 atom stereocenters. The summed E-state index contributed by atoms with van der Waals surface area (Å²) in [7, 11) is 0. The van der Waals surface area contributed by atoms with Crippen molar-refractivity contribution < 1.29 is 14.7 Å². The lowest BCUT2D eigenvalue weighted by molar-refractivity contribution is -0.131. The van der Waals surface area contributed by atoms with Crippen LogP contribution >= 0.6 is 0 Å².